The van der Waals surface area contributed by atoms with E-state index in [1.165, 1.54) is 70.6 Å². The van der Waals surface area contributed by atoms with Crippen LogP contribution in [0.2, 0.25) is 0 Å². The first-order valence-electron chi connectivity index (χ1n) is 18.8. The van der Waals surface area contributed by atoms with Gasteiger partial charge in [-0.3, -0.25) is 9.35 Å². The fourth-order valence-corrected chi connectivity index (χ4v) is 6.26. The zero-order valence-corrected chi connectivity index (χ0v) is 30.5. The number of rotatable bonds is 33. The maximum Gasteiger partial charge on any atom is 0.266 e. The van der Waals surface area contributed by atoms with Crippen molar-refractivity contribution in [1.29, 1.82) is 0 Å². The molecule has 268 valence electrons. The third-order valence-electron chi connectivity index (χ3n) is 8.30. The normalized spacial score (nSPS) is 13.9. The highest BCUT2D eigenvalue weighted by molar-refractivity contribution is 7.85. The molecule has 0 spiro atoms. The number of carbonyl (C=O) groups excluding carboxylic acids is 1. The summed E-state index contributed by atoms with van der Waals surface area (Å²) in [6.07, 6.45) is 43.4. The lowest BCUT2D eigenvalue weighted by atomic mass is 10.0. The van der Waals surface area contributed by atoms with Gasteiger partial charge in [-0.15, -0.1) is 0 Å². The standard InChI is InChI=1S/C39H71NO5S/c1-3-5-7-9-11-13-15-17-19-20-21-23-25-27-29-31-33-35-39(42)40-37(36-46(43,44)45)38(41)34-32-30-28-26-24-22-18-16-14-12-10-8-6-4-2/h5,7,11,13,17,19,21,23,37-38,41H,3-4,6,8-10,12,14-16,18,20,22,24-36H2,1-2H3,(H,40,42)(H,43,44,45)/b7-5-,13-11-,19-17-,23-21-. The van der Waals surface area contributed by atoms with E-state index in [1.54, 1.807) is 0 Å². The van der Waals surface area contributed by atoms with Crippen LogP contribution in [0.4, 0.5) is 0 Å². The molecule has 0 heterocycles. The number of amides is 1. The van der Waals surface area contributed by atoms with E-state index in [9.17, 15) is 22.9 Å². The number of aliphatic hydroxyl groups excluding tert-OH is 1. The van der Waals surface area contributed by atoms with Crippen LogP contribution in [0.3, 0.4) is 0 Å². The van der Waals surface area contributed by atoms with E-state index < -0.39 is 28.0 Å². The lowest BCUT2D eigenvalue weighted by molar-refractivity contribution is -0.122. The third kappa shape index (κ3) is 33.7. The first kappa shape index (κ1) is 44.3. The van der Waals surface area contributed by atoms with Crippen molar-refractivity contribution in [3.63, 3.8) is 0 Å². The number of allylic oxidation sites excluding steroid dienone is 8. The molecule has 3 N–H and O–H groups in total. The van der Waals surface area contributed by atoms with Crippen molar-refractivity contribution in [3.8, 4) is 0 Å². The third-order valence-corrected chi connectivity index (χ3v) is 9.08. The van der Waals surface area contributed by atoms with Gasteiger partial charge >= 0.3 is 0 Å². The van der Waals surface area contributed by atoms with E-state index in [2.05, 4.69) is 67.8 Å². The van der Waals surface area contributed by atoms with Crippen LogP contribution in [0.1, 0.15) is 174 Å². The monoisotopic (exact) mass is 666 g/mol. The van der Waals surface area contributed by atoms with Gasteiger partial charge in [0.05, 0.1) is 17.9 Å². The Bertz CT molecular complexity index is 909. The van der Waals surface area contributed by atoms with Gasteiger partial charge in [-0.05, 0) is 51.4 Å². The molecule has 0 aromatic carbocycles. The van der Waals surface area contributed by atoms with E-state index in [0.29, 0.717) is 12.8 Å². The number of hydrogen-bond acceptors (Lipinski definition) is 4. The molecule has 0 saturated carbocycles. The van der Waals surface area contributed by atoms with Gasteiger partial charge in [0.15, 0.2) is 0 Å². The van der Waals surface area contributed by atoms with Crippen LogP contribution in [0, 0.1) is 0 Å². The Morgan fingerprint density at radius 3 is 1.54 bits per heavy atom. The minimum Gasteiger partial charge on any atom is -0.391 e. The molecule has 0 rings (SSSR count). The average Bonchev–Trinajstić information content (AvgIpc) is 3.01. The summed E-state index contributed by atoms with van der Waals surface area (Å²) in [6, 6.07) is -0.984. The van der Waals surface area contributed by atoms with Crippen molar-refractivity contribution in [2.75, 3.05) is 5.75 Å². The van der Waals surface area contributed by atoms with Crippen LogP contribution < -0.4 is 5.32 Å². The summed E-state index contributed by atoms with van der Waals surface area (Å²) in [5, 5.41) is 13.3. The van der Waals surface area contributed by atoms with Crippen LogP contribution >= 0.6 is 0 Å². The SMILES string of the molecule is CC/C=C\C/C=C\C/C=C\C/C=C\CCCCCCC(=O)NC(CS(=O)(=O)O)C(O)CCCCCCCCCCCCCCCC. The molecule has 1 amide bonds. The molecule has 0 aromatic rings. The van der Waals surface area contributed by atoms with E-state index in [-0.39, 0.29) is 12.3 Å². The first-order chi connectivity index (χ1) is 22.3. The number of hydrogen-bond donors (Lipinski definition) is 3. The minimum atomic E-state index is -4.32. The van der Waals surface area contributed by atoms with Gasteiger partial charge < -0.3 is 10.4 Å². The topological polar surface area (TPSA) is 104 Å². The molecule has 2 atom stereocenters. The van der Waals surface area contributed by atoms with Gasteiger partial charge in [0, 0.05) is 6.42 Å². The van der Waals surface area contributed by atoms with Gasteiger partial charge in [0.2, 0.25) is 5.91 Å². The van der Waals surface area contributed by atoms with Gasteiger partial charge in [-0.1, -0.05) is 165 Å². The molecule has 0 fully saturated rings. The lowest BCUT2D eigenvalue weighted by Crippen LogP contribution is -2.47. The van der Waals surface area contributed by atoms with Gasteiger partial charge in [0.25, 0.3) is 10.1 Å². The second kappa shape index (κ2) is 33.2. The quantitative estimate of drug-likeness (QED) is 0.0368. The van der Waals surface area contributed by atoms with Gasteiger partial charge in [0.1, 0.15) is 0 Å². The fraction of sp³-hybridized carbons (Fsp3) is 0.769. The first-order valence-corrected chi connectivity index (χ1v) is 20.4. The molecule has 0 saturated heterocycles. The highest BCUT2D eigenvalue weighted by Crippen LogP contribution is 2.15. The Labute approximate surface area is 284 Å². The molecule has 0 aliphatic carbocycles. The lowest BCUT2D eigenvalue weighted by Gasteiger charge is -2.23. The molecule has 7 heteroatoms. The maximum atomic E-state index is 12.5. The molecule has 0 radical (unpaired) electrons. The second-order valence-electron chi connectivity index (χ2n) is 12.8. The second-order valence-corrected chi connectivity index (χ2v) is 14.3. The summed E-state index contributed by atoms with van der Waals surface area (Å²) < 4.78 is 32.4. The number of carbonyl (C=O) groups is 1. The Hall–Kier alpha value is -1.70. The molecule has 2 unspecified atom stereocenters. The number of aliphatic hydroxyl groups is 1. The molecule has 0 aliphatic heterocycles. The summed E-state index contributed by atoms with van der Waals surface area (Å²) in [6.45, 7) is 4.39. The van der Waals surface area contributed by atoms with Crippen molar-refractivity contribution in [3.05, 3.63) is 48.6 Å². The fourth-order valence-electron chi connectivity index (χ4n) is 5.50. The van der Waals surface area contributed by atoms with Crippen LogP contribution in [0.15, 0.2) is 48.6 Å². The summed E-state index contributed by atoms with van der Waals surface area (Å²) >= 11 is 0. The largest absolute Gasteiger partial charge is 0.391 e. The van der Waals surface area contributed by atoms with E-state index in [4.69, 9.17) is 0 Å². The molecular formula is C39H71NO5S. The smallest absolute Gasteiger partial charge is 0.266 e. The van der Waals surface area contributed by atoms with Crippen molar-refractivity contribution in [2.24, 2.45) is 0 Å². The molecule has 0 bridgehead atoms. The van der Waals surface area contributed by atoms with Crippen molar-refractivity contribution in [1.82, 2.24) is 5.32 Å². The number of unbranched alkanes of at least 4 members (excludes halogenated alkanes) is 17. The molecule has 0 aliphatic rings. The molecule has 6 nitrogen and oxygen atoms in total. The summed E-state index contributed by atoms with van der Waals surface area (Å²) in [5.74, 6) is -0.930. The van der Waals surface area contributed by atoms with Gasteiger partial charge in [-0.2, -0.15) is 8.42 Å². The van der Waals surface area contributed by atoms with E-state index >= 15 is 0 Å². The number of nitrogens with one attached hydrogen (secondary N) is 1. The van der Waals surface area contributed by atoms with Crippen LogP contribution in [-0.4, -0.2) is 41.9 Å². The molecule has 46 heavy (non-hydrogen) atoms. The van der Waals surface area contributed by atoms with Crippen molar-refractivity contribution in [2.45, 2.75) is 187 Å². The maximum absolute atomic E-state index is 12.5. The van der Waals surface area contributed by atoms with Crippen molar-refractivity contribution >= 4 is 16.0 Å². The summed E-state index contributed by atoms with van der Waals surface area (Å²) in [7, 11) is -4.32. The zero-order valence-electron chi connectivity index (χ0n) is 29.7. The molecular weight excluding hydrogens is 594 g/mol. The Kier molecular flexibility index (Phi) is 32.0. The minimum absolute atomic E-state index is 0.271. The summed E-state index contributed by atoms with van der Waals surface area (Å²) in [4.78, 5) is 12.5. The Balaban J connectivity index is 3.98. The highest BCUT2D eigenvalue weighted by Gasteiger charge is 2.26. The van der Waals surface area contributed by atoms with Crippen molar-refractivity contribution < 1.29 is 22.9 Å². The Morgan fingerprint density at radius 1 is 0.609 bits per heavy atom. The zero-order chi connectivity index (χ0) is 34.0. The van der Waals surface area contributed by atoms with Gasteiger partial charge in [-0.25, -0.2) is 0 Å². The highest BCUT2D eigenvalue weighted by atomic mass is 32.2. The van der Waals surface area contributed by atoms with E-state index in [0.717, 1.165) is 70.6 Å². The predicted molar refractivity (Wildman–Crippen MR) is 198 cm³/mol. The van der Waals surface area contributed by atoms with E-state index in [1.807, 2.05) is 0 Å². The van der Waals surface area contributed by atoms with Crippen LogP contribution in [0.5, 0.6) is 0 Å². The summed E-state index contributed by atoms with van der Waals surface area (Å²) in [5.41, 5.74) is 0. The van der Waals surface area contributed by atoms with Crippen LogP contribution in [0.25, 0.3) is 0 Å². The van der Waals surface area contributed by atoms with Crippen LogP contribution in [-0.2, 0) is 14.9 Å². The predicted octanol–water partition coefficient (Wildman–Crippen LogP) is 10.7. The average molecular weight is 666 g/mol. The Morgan fingerprint density at radius 2 is 1.04 bits per heavy atom. The molecule has 0 aromatic heterocycles.